The molecule has 2 nitrogen and oxygen atoms in total. The van der Waals surface area contributed by atoms with Gasteiger partial charge < -0.3 is 9.64 Å². The first-order chi connectivity index (χ1) is 24.2. The van der Waals surface area contributed by atoms with Crippen molar-refractivity contribution in [1.82, 2.24) is 4.90 Å². The lowest BCUT2D eigenvalue weighted by Crippen LogP contribution is -2.31. The minimum atomic E-state index is 0.0226. The zero-order valence-electron chi connectivity index (χ0n) is 35.6. The number of likely N-dealkylation sites (tertiary alicyclic amines) is 1. The zero-order valence-corrected chi connectivity index (χ0v) is 35.6. The second-order valence-corrected chi connectivity index (χ2v) is 18.0. The summed E-state index contributed by atoms with van der Waals surface area (Å²) < 4.78 is 6.51. The van der Waals surface area contributed by atoms with E-state index in [2.05, 4.69) is 77.7 Å². The molecule has 0 radical (unpaired) electrons. The molecule has 0 aromatic heterocycles. The van der Waals surface area contributed by atoms with Crippen LogP contribution in [0.5, 0.6) is 0 Å². The number of ether oxygens (including phenoxy) is 1. The molecule has 0 aliphatic carbocycles. The van der Waals surface area contributed by atoms with E-state index in [9.17, 15) is 0 Å². The molecule has 2 atom stereocenters. The molecule has 2 heteroatoms. The zero-order chi connectivity index (χ0) is 36.5. The Morgan fingerprint density at radius 2 is 1.12 bits per heavy atom. The Morgan fingerprint density at radius 1 is 0.580 bits per heavy atom. The first-order valence-corrected chi connectivity index (χ1v) is 22.9. The van der Waals surface area contributed by atoms with E-state index in [0.29, 0.717) is 11.8 Å². The lowest BCUT2D eigenvalue weighted by atomic mass is 9.89. The number of piperidine rings is 1. The topological polar surface area (TPSA) is 12.5 Å². The third-order valence-electron chi connectivity index (χ3n) is 11.8. The molecule has 1 aliphatic rings. The summed E-state index contributed by atoms with van der Waals surface area (Å²) in [6.07, 6.45) is 48.2. The van der Waals surface area contributed by atoms with Gasteiger partial charge in [0.1, 0.15) is 0 Å². The van der Waals surface area contributed by atoms with Gasteiger partial charge in [-0.1, -0.05) is 174 Å². The van der Waals surface area contributed by atoms with Crippen LogP contribution in [0.15, 0.2) is 24.3 Å². The van der Waals surface area contributed by atoms with Crippen molar-refractivity contribution in [2.45, 2.75) is 234 Å². The fraction of sp³-hybridized carbons (Fsp3) is 0.917. The predicted molar refractivity (Wildman–Crippen MR) is 226 cm³/mol. The Labute approximate surface area is 316 Å². The van der Waals surface area contributed by atoms with Gasteiger partial charge in [0.05, 0.1) is 12.2 Å². The molecule has 0 N–H and O–H groups in total. The normalized spacial score (nSPS) is 16.1. The van der Waals surface area contributed by atoms with Crippen LogP contribution in [0.4, 0.5) is 0 Å². The summed E-state index contributed by atoms with van der Waals surface area (Å²) in [5.41, 5.74) is 0.0226. The summed E-state index contributed by atoms with van der Waals surface area (Å²) in [4.78, 5) is 2.77. The first-order valence-electron chi connectivity index (χ1n) is 22.9. The van der Waals surface area contributed by atoms with E-state index in [1.165, 1.54) is 193 Å². The van der Waals surface area contributed by atoms with Crippen molar-refractivity contribution in [1.29, 1.82) is 0 Å². The minimum absolute atomic E-state index is 0.0226. The smallest absolute Gasteiger partial charge is 0.0626 e. The van der Waals surface area contributed by atoms with Gasteiger partial charge in [-0.3, -0.25) is 0 Å². The highest BCUT2D eigenvalue weighted by Gasteiger charge is 2.22. The van der Waals surface area contributed by atoms with E-state index in [1.807, 2.05) is 0 Å². The van der Waals surface area contributed by atoms with Crippen LogP contribution in [0.3, 0.4) is 0 Å². The highest BCUT2D eigenvalue weighted by atomic mass is 16.5. The number of rotatable bonds is 35. The fourth-order valence-corrected chi connectivity index (χ4v) is 7.83. The van der Waals surface area contributed by atoms with Crippen molar-refractivity contribution in [3.8, 4) is 0 Å². The second-order valence-electron chi connectivity index (χ2n) is 18.0. The van der Waals surface area contributed by atoms with Crippen molar-refractivity contribution in [3.05, 3.63) is 24.3 Å². The molecule has 1 heterocycles. The highest BCUT2D eigenvalue weighted by molar-refractivity contribution is 4.92. The molecule has 2 unspecified atom stereocenters. The number of hydrogen-bond donors (Lipinski definition) is 0. The molecular formula is C48H93NO. The van der Waals surface area contributed by atoms with Gasteiger partial charge in [-0.15, -0.1) is 0 Å². The maximum atomic E-state index is 6.51. The third-order valence-corrected chi connectivity index (χ3v) is 11.8. The number of nitrogens with zero attached hydrogens (tertiary/aromatic N) is 1. The summed E-state index contributed by atoms with van der Waals surface area (Å²) in [6.45, 7) is 21.4. The highest BCUT2D eigenvalue weighted by Crippen LogP contribution is 2.27. The number of unbranched alkanes of at least 4 members (excludes halogenated alkanes) is 15. The second kappa shape index (κ2) is 33.0. The standard InChI is InChI=1S/C48H93NO/c1-8-9-10-11-12-13-14-15-16-17-18-19-20-21-22-25-29-34-46(38-42-49-40-32-28-33-41-49)35-30-26-23-24-27-31-39-48(6,7)50-43-47(45(4)5)37-36-44(2)3/h12-13,15-16,44-47H,8-11,14,17-43H2,1-7H3/b13-12-,16-15-. The van der Waals surface area contributed by atoms with Gasteiger partial charge >= 0.3 is 0 Å². The van der Waals surface area contributed by atoms with Crippen molar-refractivity contribution in [3.63, 3.8) is 0 Å². The van der Waals surface area contributed by atoms with Crippen LogP contribution in [0.25, 0.3) is 0 Å². The maximum absolute atomic E-state index is 6.51. The van der Waals surface area contributed by atoms with E-state index in [4.69, 9.17) is 4.74 Å². The predicted octanol–water partition coefficient (Wildman–Crippen LogP) is 15.7. The quantitative estimate of drug-likeness (QED) is 0.0482. The first kappa shape index (κ1) is 47.4. The van der Waals surface area contributed by atoms with Crippen LogP contribution in [0.1, 0.15) is 228 Å². The third kappa shape index (κ3) is 29.9. The molecule has 0 spiro atoms. The van der Waals surface area contributed by atoms with Crippen LogP contribution in [0, 0.1) is 23.7 Å². The molecule has 0 bridgehead atoms. The van der Waals surface area contributed by atoms with Crippen LogP contribution in [-0.2, 0) is 4.74 Å². The van der Waals surface area contributed by atoms with E-state index in [1.54, 1.807) is 0 Å². The van der Waals surface area contributed by atoms with Crippen molar-refractivity contribution in [2.24, 2.45) is 23.7 Å². The largest absolute Gasteiger partial charge is 0.375 e. The van der Waals surface area contributed by atoms with E-state index >= 15 is 0 Å². The molecule has 1 fully saturated rings. The molecule has 296 valence electrons. The minimum Gasteiger partial charge on any atom is -0.375 e. The molecule has 1 aliphatic heterocycles. The van der Waals surface area contributed by atoms with Gasteiger partial charge in [0, 0.05) is 0 Å². The summed E-state index contributed by atoms with van der Waals surface area (Å²) in [5, 5.41) is 0. The molecule has 0 aromatic rings. The Bertz CT molecular complexity index is 760. The molecule has 1 saturated heterocycles. The molecule has 1 rings (SSSR count). The lowest BCUT2D eigenvalue weighted by Gasteiger charge is -2.30. The maximum Gasteiger partial charge on any atom is 0.0626 e. The summed E-state index contributed by atoms with van der Waals surface area (Å²) in [5.74, 6) is 3.17. The average Bonchev–Trinajstić information content (AvgIpc) is 3.09. The van der Waals surface area contributed by atoms with Crippen LogP contribution >= 0.6 is 0 Å². The Balaban J connectivity index is 2.16. The molecule has 0 amide bonds. The van der Waals surface area contributed by atoms with Crippen LogP contribution < -0.4 is 0 Å². The Kier molecular flexibility index (Phi) is 31.3. The van der Waals surface area contributed by atoms with E-state index < -0.39 is 0 Å². The van der Waals surface area contributed by atoms with Gasteiger partial charge in [-0.2, -0.15) is 0 Å². The Hall–Kier alpha value is -0.600. The van der Waals surface area contributed by atoms with Crippen molar-refractivity contribution < 1.29 is 4.74 Å². The lowest BCUT2D eigenvalue weighted by molar-refractivity contribution is -0.0504. The molecule has 0 saturated carbocycles. The van der Waals surface area contributed by atoms with Crippen LogP contribution in [-0.4, -0.2) is 36.7 Å². The molecular weight excluding hydrogens is 607 g/mol. The van der Waals surface area contributed by atoms with E-state index in [-0.39, 0.29) is 5.60 Å². The van der Waals surface area contributed by atoms with E-state index in [0.717, 1.165) is 24.9 Å². The average molecular weight is 700 g/mol. The van der Waals surface area contributed by atoms with Crippen molar-refractivity contribution >= 4 is 0 Å². The summed E-state index contributed by atoms with van der Waals surface area (Å²) >= 11 is 0. The molecule has 0 aromatic carbocycles. The van der Waals surface area contributed by atoms with Gasteiger partial charge in [-0.05, 0) is 121 Å². The van der Waals surface area contributed by atoms with Gasteiger partial charge in [0.2, 0.25) is 0 Å². The fourth-order valence-electron chi connectivity index (χ4n) is 7.83. The summed E-state index contributed by atoms with van der Waals surface area (Å²) in [7, 11) is 0. The molecule has 50 heavy (non-hydrogen) atoms. The van der Waals surface area contributed by atoms with Gasteiger partial charge in [0.15, 0.2) is 0 Å². The van der Waals surface area contributed by atoms with Gasteiger partial charge in [-0.25, -0.2) is 0 Å². The summed E-state index contributed by atoms with van der Waals surface area (Å²) in [6, 6.07) is 0. The van der Waals surface area contributed by atoms with Crippen molar-refractivity contribution in [2.75, 3.05) is 26.2 Å². The monoisotopic (exact) mass is 700 g/mol. The Morgan fingerprint density at radius 3 is 1.68 bits per heavy atom. The van der Waals surface area contributed by atoms with Gasteiger partial charge in [0.25, 0.3) is 0 Å². The number of hydrogen-bond acceptors (Lipinski definition) is 2. The van der Waals surface area contributed by atoms with Crippen LogP contribution in [0.2, 0.25) is 0 Å². The SMILES string of the molecule is CCCCC/C=C\C/C=C\CCCCCCCCCC(CCCCCCCCC(C)(C)OCC(CCC(C)C)C(C)C)CCN1CCCCC1. The number of allylic oxidation sites excluding steroid dienone is 4.